The summed E-state index contributed by atoms with van der Waals surface area (Å²) < 4.78 is 21.9. The monoisotopic (exact) mass is 476 g/mol. The average molecular weight is 477 g/mol. The number of fused-ring (bicyclic) bond motifs is 2. The molecule has 4 atom stereocenters. The fourth-order valence-electron chi connectivity index (χ4n) is 4.74. The van der Waals surface area contributed by atoms with E-state index in [1.54, 1.807) is 7.11 Å². The molecule has 0 spiro atoms. The second kappa shape index (κ2) is 10.8. The molecular weight excluding hydrogens is 440 g/mol. The van der Waals surface area contributed by atoms with E-state index in [-0.39, 0.29) is 18.8 Å². The Kier molecular flexibility index (Phi) is 8.34. The van der Waals surface area contributed by atoms with Gasteiger partial charge in [-0.1, -0.05) is 32.6 Å². The number of ketones is 1. The van der Waals surface area contributed by atoms with Gasteiger partial charge in [0.25, 0.3) is 0 Å². The van der Waals surface area contributed by atoms with Crippen molar-refractivity contribution < 1.29 is 33.3 Å². The molecular formula is C25H36O7Si. The van der Waals surface area contributed by atoms with Gasteiger partial charge in [0, 0.05) is 27.5 Å². The molecule has 1 fully saturated rings. The number of carbonyl (C=O) groups is 3. The molecule has 0 radical (unpaired) electrons. The van der Waals surface area contributed by atoms with Crippen molar-refractivity contribution in [1.82, 2.24) is 0 Å². The van der Waals surface area contributed by atoms with E-state index in [0.29, 0.717) is 32.0 Å². The Morgan fingerprint density at radius 1 is 0.970 bits per heavy atom. The summed E-state index contributed by atoms with van der Waals surface area (Å²) in [6.07, 6.45) is 0.896. The van der Waals surface area contributed by atoms with Gasteiger partial charge in [-0.3, -0.25) is 14.4 Å². The Balaban J connectivity index is 1.92. The van der Waals surface area contributed by atoms with E-state index in [1.165, 1.54) is 0 Å². The topological polar surface area (TPSA) is 88.1 Å². The summed E-state index contributed by atoms with van der Waals surface area (Å²) in [7, 11) is 0.219. The van der Waals surface area contributed by atoms with Crippen molar-refractivity contribution in [3.05, 3.63) is 29.3 Å². The Labute approximate surface area is 197 Å². The van der Waals surface area contributed by atoms with E-state index in [4.69, 9.17) is 18.9 Å². The van der Waals surface area contributed by atoms with E-state index >= 15 is 0 Å². The lowest BCUT2D eigenvalue weighted by atomic mass is 9.55. The molecule has 1 aromatic carbocycles. The summed E-state index contributed by atoms with van der Waals surface area (Å²) in [5, 5.41) is 0. The normalized spacial score (nSPS) is 23.7. The first kappa shape index (κ1) is 25.4. The molecule has 4 unspecified atom stereocenters. The van der Waals surface area contributed by atoms with Crippen LogP contribution in [0.2, 0.25) is 25.7 Å². The number of Topliss-reactive ketones (excluding diaryl/α,β-unsaturated/α-hetero) is 1. The lowest BCUT2D eigenvalue weighted by molar-refractivity contribution is -0.167. The molecule has 33 heavy (non-hydrogen) atoms. The lowest BCUT2D eigenvalue weighted by Gasteiger charge is -2.46. The highest BCUT2D eigenvalue weighted by Gasteiger charge is 2.57. The van der Waals surface area contributed by atoms with Crippen LogP contribution in [0.25, 0.3) is 0 Å². The summed E-state index contributed by atoms with van der Waals surface area (Å²) in [5.41, 5.74) is 1.68. The van der Waals surface area contributed by atoms with Gasteiger partial charge in [-0.05, 0) is 35.7 Å². The van der Waals surface area contributed by atoms with Gasteiger partial charge in [0.05, 0.1) is 37.6 Å². The molecule has 4 rings (SSSR count). The zero-order valence-corrected chi connectivity index (χ0v) is 21.3. The molecule has 3 aliphatic rings. The van der Waals surface area contributed by atoms with Crippen molar-refractivity contribution in [3.8, 4) is 5.75 Å². The van der Waals surface area contributed by atoms with Gasteiger partial charge < -0.3 is 18.9 Å². The second-order valence-electron chi connectivity index (χ2n) is 10.1. The van der Waals surface area contributed by atoms with Crippen LogP contribution in [-0.4, -0.2) is 59.3 Å². The van der Waals surface area contributed by atoms with Crippen molar-refractivity contribution in [1.29, 1.82) is 0 Å². The fraction of sp³-hybridized carbons (Fsp3) is 0.640. The van der Waals surface area contributed by atoms with Gasteiger partial charge >= 0.3 is 11.9 Å². The zero-order chi connectivity index (χ0) is 24.2. The molecule has 0 N–H and O–H groups in total. The first-order valence-corrected chi connectivity index (χ1v) is 15.5. The molecule has 8 heteroatoms. The summed E-state index contributed by atoms with van der Waals surface area (Å²) in [6, 6.07) is 6.43. The molecule has 3 aliphatic carbocycles. The Morgan fingerprint density at radius 3 is 2.33 bits per heavy atom. The van der Waals surface area contributed by atoms with E-state index in [2.05, 4.69) is 19.6 Å². The van der Waals surface area contributed by atoms with E-state index in [0.717, 1.165) is 17.2 Å². The largest absolute Gasteiger partial charge is 0.491 e. The fourth-order valence-corrected chi connectivity index (χ4v) is 5.45. The number of methoxy groups -OCH3 is 1. The summed E-state index contributed by atoms with van der Waals surface area (Å²) in [5.74, 6) is -3.04. The van der Waals surface area contributed by atoms with Crippen LogP contribution in [0.1, 0.15) is 42.7 Å². The summed E-state index contributed by atoms with van der Waals surface area (Å²) >= 11 is 0. The number of esters is 2. The first-order valence-electron chi connectivity index (χ1n) is 11.8. The third kappa shape index (κ3) is 5.84. The number of benzene rings is 1. The predicted molar refractivity (Wildman–Crippen MR) is 126 cm³/mol. The highest BCUT2D eigenvalue weighted by atomic mass is 28.3. The molecule has 0 aromatic heterocycles. The molecule has 1 saturated carbocycles. The van der Waals surface area contributed by atoms with Crippen molar-refractivity contribution >= 4 is 25.8 Å². The number of rotatable bonds is 11. The number of carbonyl (C=O) groups excluding carboxylic acids is 3. The molecule has 2 bridgehead atoms. The van der Waals surface area contributed by atoms with Gasteiger partial charge in [0.15, 0.2) is 0 Å². The average Bonchev–Trinajstić information content (AvgIpc) is 2.76. The molecule has 1 aromatic rings. The molecule has 0 heterocycles. The summed E-state index contributed by atoms with van der Waals surface area (Å²) in [4.78, 5) is 39.5. The van der Waals surface area contributed by atoms with Gasteiger partial charge in [0.1, 0.15) is 18.1 Å². The van der Waals surface area contributed by atoms with Crippen LogP contribution >= 0.6 is 0 Å². The minimum absolute atomic E-state index is 0.0360. The van der Waals surface area contributed by atoms with Gasteiger partial charge in [-0.15, -0.1) is 0 Å². The van der Waals surface area contributed by atoms with E-state index in [9.17, 15) is 14.4 Å². The minimum Gasteiger partial charge on any atom is -0.491 e. The van der Waals surface area contributed by atoms with Crippen molar-refractivity contribution in [3.63, 3.8) is 0 Å². The van der Waals surface area contributed by atoms with E-state index in [1.807, 2.05) is 25.1 Å². The van der Waals surface area contributed by atoms with Crippen molar-refractivity contribution in [2.45, 2.75) is 57.3 Å². The Morgan fingerprint density at radius 2 is 1.67 bits per heavy atom. The van der Waals surface area contributed by atoms with Crippen LogP contribution in [0.3, 0.4) is 0 Å². The van der Waals surface area contributed by atoms with E-state index < -0.39 is 43.7 Å². The third-order valence-corrected chi connectivity index (χ3v) is 8.09. The lowest BCUT2D eigenvalue weighted by Crippen LogP contribution is -2.50. The maximum atomic E-state index is 13.3. The minimum atomic E-state index is -1.38. The number of hydrogen-bond donors (Lipinski definition) is 0. The zero-order valence-electron chi connectivity index (χ0n) is 20.3. The molecule has 0 amide bonds. The standard InChI is InChI=1S/C25H36O7Si/c1-6-9-31-25(28)23-21-18-14-16(30-11-10-29-2)7-8-17(18)19(15-20(21)26)22(23)24(27)32-12-13-33(3,4)5/h7-8,14,19,21-23H,6,9-13,15H2,1-5H3. The van der Waals surface area contributed by atoms with Crippen molar-refractivity contribution in [2.75, 3.05) is 33.5 Å². The van der Waals surface area contributed by atoms with Crippen LogP contribution in [0.4, 0.5) is 0 Å². The third-order valence-electron chi connectivity index (χ3n) is 6.39. The van der Waals surface area contributed by atoms with Gasteiger partial charge in [-0.2, -0.15) is 0 Å². The Bertz CT molecular complexity index is 876. The number of ether oxygens (including phenoxy) is 4. The maximum absolute atomic E-state index is 13.3. The van der Waals surface area contributed by atoms with Crippen LogP contribution in [-0.2, 0) is 28.6 Å². The maximum Gasteiger partial charge on any atom is 0.310 e. The molecule has 0 saturated heterocycles. The quantitative estimate of drug-likeness (QED) is 0.272. The van der Waals surface area contributed by atoms with Crippen LogP contribution < -0.4 is 4.74 Å². The molecule has 7 nitrogen and oxygen atoms in total. The molecule has 182 valence electrons. The van der Waals surface area contributed by atoms with Crippen LogP contribution in [0.5, 0.6) is 5.75 Å². The van der Waals surface area contributed by atoms with Crippen molar-refractivity contribution in [2.24, 2.45) is 11.8 Å². The smallest absolute Gasteiger partial charge is 0.310 e. The molecule has 0 aliphatic heterocycles. The van der Waals surface area contributed by atoms with Crippen LogP contribution in [0.15, 0.2) is 18.2 Å². The number of hydrogen-bond acceptors (Lipinski definition) is 7. The summed E-state index contributed by atoms with van der Waals surface area (Å²) in [6.45, 7) is 9.98. The SMILES string of the molecule is CCCOC(=O)C1C2C(=O)CC(c3ccc(OCCOC)cc32)C1C(=O)OCC[Si](C)(C)C. The second-order valence-corrected chi connectivity index (χ2v) is 15.7. The highest BCUT2D eigenvalue weighted by molar-refractivity contribution is 6.76. The van der Waals surface area contributed by atoms with Gasteiger partial charge in [0.2, 0.25) is 0 Å². The highest BCUT2D eigenvalue weighted by Crippen LogP contribution is 2.55. The Hall–Kier alpha value is -2.19. The van der Waals surface area contributed by atoms with Crippen LogP contribution in [0, 0.1) is 11.8 Å². The van der Waals surface area contributed by atoms with Gasteiger partial charge in [-0.25, -0.2) is 0 Å². The first-order chi connectivity index (χ1) is 15.7. The predicted octanol–water partition coefficient (Wildman–Crippen LogP) is 3.93.